The molecule has 0 rings (SSSR count). The van der Waals surface area contributed by atoms with Crippen LogP contribution in [0.1, 0.15) is 111 Å². The van der Waals surface area contributed by atoms with Crippen LogP contribution >= 0.6 is 0 Å². The zero-order chi connectivity index (χ0) is 17.2. The van der Waals surface area contributed by atoms with E-state index in [-0.39, 0.29) is 0 Å². The van der Waals surface area contributed by atoms with Crippen LogP contribution in [0.4, 0.5) is 0 Å². The lowest BCUT2D eigenvalue weighted by Gasteiger charge is -2.18. The lowest BCUT2D eigenvalue weighted by molar-refractivity contribution is 0.449. The highest BCUT2D eigenvalue weighted by atomic mass is 14.9. The van der Waals surface area contributed by atoms with Crippen LogP contribution in [0.5, 0.6) is 0 Å². The molecule has 0 amide bonds. The van der Waals surface area contributed by atoms with Crippen molar-refractivity contribution < 1.29 is 0 Å². The Kier molecular flexibility index (Phi) is 17.8. The highest BCUT2D eigenvalue weighted by Gasteiger charge is 2.08. The number of allylic oxidation sites excluding steroid dienone is 1. The largest absolute Gasteiger partial charge is 0.316 e. The van der Waals surface area contributed by atoms with Crippen LogP contribution in [0, 0.1) is 5.92 Å². The van der Waals surface area contributed by atoms with E-state index < -0.39 is 0 Å². The van der Waals surface area contributed by atoms with Crippen LogP contribution in [0.2, 0.25) is 0 Å². The molecule has 23 heavy (non-hydrogen) atoms. The van der Waals surface area contributed by atoms with Crippen LogP contribution in [-0.2, 0) is 0 Å². The molecule has 0 fully saturated rings. The van der Waals surface area contributed by atoms with Gasteiger partial charge in [0.15, 0.2) is 0 Å². The summed E-state index contributed by atoms with van der Waals surface area (Å²) in [6, 6.07) is 0.633. The topological polar surface area (TPSA) is 12.0 Å². The lowest BCUT2D eigenvalue weighted by atomic mass is 9.98. The molecule has 0 aliphatic rings. The van der Waals surface area contributed by atoms with E-state index >= 15 is 0 Å². The van der Waals surface area contributed by atoms with Crippen molar-refractivity contribution in [2.45, 2.75) is 117 Å². The van der Waals surface area contributed by atoms with E-state index in [0.29, 0.717) is 12.0 Å². The van der Waals surface area contributed by atoms with Gasteiger partial charge in [0, 0.05) is 6.04 Å². The van der Waals surface area contributed by atoms with E-state index in [1.54, 1.807) is 0 Å². The number of nitrogens with one attached hydrogen (secondary N) is 1. The molecule has 0 saturated heterocycles. The minimum Gasteiger partial charge on any atom is -0.316 e. The smallest absolute Gasteiger partial charge is 0.0122 e. The summed E-state index contributed by atoms with van der Waals surface area (Å²) in [6.45, 7) is 6.88. The molecule has 0 aromatic rings. The molecule has 0 aliphatic carbocycles. The Morgan fingerprint density at radius 3 is 1.65 bits per heavy atom. The second-order valence-electron chi connectivity index (χ2n) is 7.27. The van der Waals surface area contributed by atoms with E-state index in [4.69, 9.17) is 0 Å². The summed E-state index contributed by atoms with van der Waals surface area (Å²) in [5, 5.41) is 3.40. The Bertz CT molecular complexity index is 242. The summed E-state index contributed by atoms with van der Waals surface area (Å²) in [7, 11) is 2.07. The molecular formula is C22H45N. The molecule has 2 atom stereocenters. The van der Waals surface area contributed by atoms with Crippen molar-refractivity contribution in [2.75, 3.05) is 7.05 Å². The maximum Gasteiger partial charge on any atom is 0.0122 e. The van der Waals surface area contributed by atoms with Crippen molar-refractivity contribution in [3.63, 3.8) is 0 Å². The molecule has 1 N–H and O–H groups in total. The van der Waals surface area contributed by atoms with Crippen molar-refractivity contribution in [3.05, 3.63) is 12.2 Å². The van der Waals surface area contributed by atoms with Gasteiger partial charge in [0.2, 0.25) is 0 Å². The third-order valence-electron chi connectivity index (χ3n) is 5.11. The highest BCUT2D eigenvalue weighted by molar-refractivity contribution is 4.91. The van der Waals surface area contributed by atoms with Crippen molar-refractivity contribution in [3.8, 4) is 0 Å². The van der Waals surface area contributed by atoms with E-state index in [9.17, 15) is 0 Å². The van der Waals surface area contributed by atoms with Crippen LogP contribution in [0.25, 0.3) is 0 Å². The molecule has 0 aromatic carbocycles. The Hall–Kier alpha value is -0.300. The number of hydrogen-bond acceptors (Lipinski definition) is 1. The van der Waals surface area contributed by atoms with Gasteiger partial charge in [-0.05, 0) is 32.2 Å². The van der Waals surface area contributed by atoms with Gasteiger partial charge in [-0.2, -0.15) is 0 Å². The van der Waals surface area contributed by atoms with Crippen LogP contribution < -0.4 is 5.32 Å². The summed E-state index contributed by atoms with van der Waals surface area (Å²) in [4.78, 5) is 0. The first kappa shape index (κ1) is 22.7. The molecule has 1 heteroatoms. The number of rotatable bonds is 17. The zero-order valence-corrected chi connectivity index (χ0v) is 16.7. The Balaban J connectivity index is 3.27. The van der Waals surface area contributed by atoms with E-state index in [1.807, 2.05) is 0 Å². The summed E-state index contributed by atoms with van der Waals surface area (Å²) in [6.07, 6.45) is 24.5. The summed E-state index contributed by atoms with van der Waals surface area (Å²) in [5.74, 6) is 0.655. The van der Waals surface area contributed by atoms with E-state index in [0.717, 1.165) is 0 Å². The van der Waals surface area contributed by atoms with Crippen LogP contribution in [0.15, 0.2) is 12.2 Å². The summed E-state index contributed by atoms with van der Waals surface area (Å²) >= 11 is 0. The summed E-state index contributed by atoms with van der Waals surface area (Å²) in [5.41, 5.74) is 0. The highest BCUT2D eigenvalue weighted by Crippen LogP contribution is 2.13. The molecule has 1 nitrogen and oxygen atoms in total. The fourth-order valence-corrected chi connectivity index (χ4v) is 3.39. The molecular weight excluding hydrogens is 278 g/mol. The third-order valence-corrected chi connectivity index (χ3v) is 5.11. The zero-order valence-electron chi connectivity index (χ0n) is 16.7. The van der Waals surface area contributed by atoms with Crippen molar-refractivity contribution in [1.82, 2.24) is 5.32 Å². The van der Waals surface area contributed by atoms with Crippen molar-refractivity contribution >= 4 is 0 Å². The molecule has 0 radical (unpaired) electrons. The van der Waals surface area contributed by atoms with Gasteiger partial charge in [-0.1, -0.05) is 104 Å². The Labute approximate surface area is 147 Å². The molecule has 138 valence electrons. The number of unbranched alkanes of at least 4 members (excludes halogenated alkanes) is 12. The van der Waals surface area contributed by atoms with Crippen LogP contribution in [-0.4, -0.2) is 13.1 Å². The minimum absolute atomic E-state index is 0.633. The van der Waals surface area contributed by atoms with E-state index in [1.165, 1.54) is 89.9 Å². The molecule has 0 bridgehead atoms. The quantitative estimate of drug-likeness (QED) is 0.219. The van der Waals surface area contributed by atoms with Crippen LogP contribution in [0.3, 0.4) is 0 Å². The maximum absolute atomic E-state index is 3.40. The predicted octanol–water partition coefficient (Wildman–Crippen LogP) is 7.27. The minimum atomic E-state index is 0.633. The van der Waals surface area contributed by atoms with Crippen molar-refractivity contribution in [2.24, 2.45) is 5.92 Å². The third kappa shape index (κ3) is 15.0. The molecule has 0 saturated carbocycles. The monoisotopic (exact) mass is 323 g/mol. The second-order valence-corrected chi connectivity index (χ2v) is 7.27. The molecule has 0 heterocycles. The first-order chi connectivity index (χ1) is 11.3. The molecule has 0 aliphatic heterocycles. The normalized spacial score (nSPS) is 14.4. The fourth-order valence-electron chi connectivity index (χ4n) is 3.39. The Morgan fingerprint density at radius 2 is 1.22 bits per heavy atom. The standard InChI is InChI=1S/C22H45N/c1-5-7-8-9-10-11-12-13-14-15-16-17-18-19-20-21(3)22(6-2)23-4/h19-23H,5-18H2,1-4H3/b20-19+/t21?,22-/m0/s1. The average molecular weight is 324 g/mol. The second kappa shape index (κ2) is 18.0. The van der Waals surface area contributed by atoms with Gasteiger partial charge in [0.1, 0.15) is 0 Å². The fraction of sp³-hybridized carbons (Fsp3) is 0.909. The van der Waals surface area contributed by atoms with Gasteiger partial charge in [0.25, 0.3) is 0 Å². The SMILES string of the molecule is CCCCCCCCCCCCCC/C=C/C(C)[C@H](CC)NC. The van der Waals surface area contributed by atoms with Crippen molar-refractivity contribution in [1.29, 1.82) is 0 Å². The Morgan fingerprint density at radius 1 is 0.739 bits per heavy atom. The number of hydrogen-bond donors (Lipinski definition) is 1. The van der Waals surface area contributed by atoms with Gasteiger partial charge in [-0.3, -0.25) is 0 Å². The first-order valence-corrected chi connectivity index (χ1v) is 10.6. The maximum atomic E-state index is 3.40. The average Bonchev–Trinajstić information content (AvgIpc) is 2.56. The molecule has 0 aromatic heterocycles. The van der Waals surface area contributed by atoms with Gasteiger partial charge in [-0.25, -0.2) is 0 Å². The first-order valence-electron chi connectivity index (χ1n) is 10.6. The molecule has 1 unspecified atom stereocenters. The van der Waals surface area contributed by atoms with Gasteiger partial charge >= 0.3 is 0 Å². The predicted molar refractivity (Wildman–Crippen MR) is 107 cm³/mol. The van der Waals surface area contributed by atoms with Gasteiger partial charge in [0.05, 0.1) is 0 Å². The van der Waals surface area contributed by atoms with E-state index in [2.05, 4.69) is 45.3 Å². The van der Waals surface area contributed by atoms with Gasteiger partial charge < -0.3 is 5.32 Å². The lowest BCUT2D eigenvalue weighted by Crippen LogP contribution is -2.30. The van der Waals surface area contributed by atoms with Gasteiger partial charge in [-0.15, -0.1) is 0 Å². The summed E-state index contributed by atoms with van der Waals surface area (Å²) < 4.78 is 0. The molecule has 0 spiro atoms.